The zero-order chi connectivity index (χ0) is 17.4. The Morgan fingerprint density at radius 1 is 1.29 bits per heavy atom. The lowest BCUT2D eigenvalue weighted by molar-refractivity contribution is -0.542. The second kappa shape index (κ2) is 6.55. The van der Waals surface area contributed by atoms with Crippen molar-refractivity contribution in [2.75, 3.05) is 33.7 Å². The molecule has 8 heteroatoms. The van der Waals surface area contributed by atoms with Crippen LogP contribution < -0.4 is 0 Å². The van der Waals surface area contributed by atoms with E-state index in [1.807, 2.05) is 11.9 Å². The highest BCUT2D eigenvalue weighted by Crippen LogP contribution is 2.23. The van der Waals surface area contributed by atoms with E-state index in [4.69, 9.17) is 11.6 Å². The first-order valence-electron chi connectivity index (χ1n) is 8.26. The summed E-state index contributed by atoms with van der Waals surface area (Å²) < 4.78 is 2.20. The van der Waals surface area contributed by atoms with Crippen LogP contribution in [0.25, 0.3) is 0 Å². The van der Waals surface area contributed by atoms with Gasteiger partial charge in [0.2, 0.25) is 11.9 Å². The van der Waals surface area contributed by atoms with E-state index in [0.717, 1.165) is 31.9 Å². The third-order valence-corrected chi connectivity index (χ3v) is 4.87. The van der Waals surface area contributed by atoms with Gasteiger partial charge in [-0.05, 0) is 26.2 Å². The van der Waals surface area contributed by atoms with E-state index < -0.39 is 6.04 Å². The second-order valence-electron chi connectivity index (χ2n) is 6.41. The number of nitrogens with zero attached hydrogens (tertiary/aromatic N) is 5. The Bertz CT molecular complexity index is 657. The van der Waals surface area contributed by atoms with Crippen LogP contribution in [0.3, 0.4) is 0 Å². The van der Waals surface area contributed by atoms with Gasteiger partial charge >= 0.3 is 12.0 Å². The first-order valence-corrected chi connectivity index (χ1v) is 8.64. The fraction of sp³-hybridized carbons (Fsp3) is 0.625. The van der Waals surface area contributed by atoms with Crippen LogP contribution in [0, 0.1) is 0 Å². The maximum atomic E-state index is 12.9. The molecule has 0 aliphatic carbocycles. The number of imide groups is 1. The molecule has 0 bridgehead atoms. The Labute approximate surface area is 146 Å². The van der Waals surface area contributed by atoms with Crippen molar-refractivity contribution in [3.8, 4) is 0 Å². The summed E-state index contributed by atoms with van der Waals surface area (Å²) >= 11 is 5.85. The fourth-order valence-electron chi connectivity index (χ4n) is 3.36. The zero-order valence-electron chi connectivity index (χ0n) is 14.3. The number of halogens is 1. The summed E-state index contributed by atoms with van der Waals surface area (Å²) in [7, 11) is 3.53. The molecule has 0 aromatic rings. The molecule has 1 atom stereocenters. The van der Waals surface area contributed by atoms with E-state index in [-0.39, 0.29) is 18.5 Å². The highest BCUT2D eigenvalue weighted by atomic mass is 35.5. The number of fused-ring (bicyclic) bond motifs is 1. The fourth-order valence-corrected chi connectivity index (χ4v) is 3.43. The van der Waals surface area contributed by atoms with E-state index in [1.165, 1.54) is 16.2 Å². The van der Waals surface area contributed by atoms with E-state index in [0.29, 0.717) is 10.9 Å². The summed E-state index contributed by atoms with van der Waals surface area (Å²) in [6.07, 6.45) is 5.14. The molecule has 0 aromatic heterocycles. The molecule has 2 fully saturated rings. The number of carbonyl (C=O) groups is 2. The molecule has 0 N–H and O–H groups in total. The van der Waals surface area contributed by atoms with Crippen molar-refractivity contribution in [2.45, 2.75) is 32.2 Å². The number of hydrogen-bond acceptors (Lipinski definition) is 2. The first-order chi connectivity index (χ1) is 11.4. The number of aliphatic imine (C=N–C) groups is 1. The maximum absolute atomic E-state index is 12.9. The Balaban J connectivity index is 1.93. The smallest absolute Gasteiger partial charge is 0.270 e. The first kappa shape index (κ1) is 17.0. The number of hydrogen-bond donors (Lipinski definition) is 0. The molecule has 3 aliphatic rings. The summed E-state index contributed by atoms with van der Waals surface area (Å²) in [5.74, 6) is 1.05. The summed E-state index contributed by atoms with van der Waals surface area (Å²) in [4.78, 5) is 34.6. The quantitative estimate of drug-likeness (QED) is 0.704. The van der Waals surface area contributed by atoms with Gasteiger partial charge in [-0.25, -0.2) is 9.69 Å². The lowest BCUT2D eigenvalue weighted by Gasteiger charge is -2.33. The molecule has 3 aliphatic heterocycles. The topological polar surface area (TPSA) is 59.2 Å². The molecule has 0 aromatic carbocycles. The Morgan fingerprint density at radius 2 is 1.96 bits per heavy atom. The normalized spacial score (nSPS) is 25.5. The monoisotopic (exact) mass is 352 g/mol. The minimum Gasteiger partial charge on any atom is -0.270 e. The van der Waals surface area contributed by atoms with E-state index >= 15 is 0 Å². The highest BCUT2D eigenvalue weighted by molar-refractivity contribution is 6.29. The molecular weight excluding hydrogens is 330 g/mol. The third kappa shape index (κ3) is 2.81. The van der Waals surface area contributed by atoms with Crippen molar-refractivity contribution in [1.29, 1.82) is 0 Å². The lowest BCUT2D eigenvalue weighted by Crippen LogP contribution is -2.63. The molecule has 3 rings (SSSR count). The average Bonchev–Trinajstić information content (AvgIpc) is 2.91. The maximum Gasteiger partial charge on any atom is 0.392 e. The Morgan fingerprint density at radius 3 is 2.58 bits per heavy atom. The van der Waals surface area contributed by atoms with Crippen LogP contribution >= 0.6 is 11.6 Å². The molecule has 7 nitrogen and oxygen atoms in total. The predicted molar refractivity (Wildman–Crippen MR) is 92.3 cm³/mol. The molecule has 130 valence electrons. The van der Waals surface area contributed by atoms with Crippen LogP contribution in [-0.4, -0.2) is 82.8 Å². The minimum absolute atomic E-state index is 0.175. The summed E-state index contributed by atoms with van der Waals surface area (Å²) in [5, 5.41) is 0.554. The van der Waals surface area contributed by atoms with Gasteiger partial charge in [-0.2, -0.15) is 0 Å². The van der Waals surface area contributed by atoms with Crippen LogP contribution in [0.15, 0.2) is 16.1 Å². The minimum atomic E-state index is -0.548. The number of likely N-dealkylation sites (N-methyl/N-ethyl adjacent to an activating group) is 2. The number of urea groups is 1. The number of carbonyl (C=O) groups excluding carboxylic acids is 2. The lowest BCUT2D eigenvalue weighted by atomic mass is 10.1. The van der Waals surface area contributed by atoms with Gasteiger partial charge in [-0.3, -0.25) is 19.2 Å². The number of amides is 3. The summed E-state index contributed by atoms with van der Waals surface area (Å²) in [6, 6.07) is -0.911. The number of amidine groups is 1. The van der Waals surface area contributed by atoms with Crippen LogP contribution in [0.4, 0.5) is 4.79 Å². The van der Waals surface area contributed by atoms with Crippen LogP contribution in [0.2, 0.25) is 0 Å². The number of piperidine rings is 1. The molecule has 0 radical (unpaired) electrons. The van der Waals surface area contributed by atoms with E-state index in [1.54, 1.807) is 20.0 Å². The summed E-state index contributed by atoms with van der Waals surface area (Å²) in [6.45, 7) is 3.77. The molecule has 3 heterocycles. The molecule has 3 amide bonds. The van der Waals surface area contributed by atoms with Crippen molar-refractivity contribution in [2.24, 2.45) is 4.99 Å². The van der Waals surface area contributed by atoms with Crippen LogP contribution in [0.1, 0.15) is 26.2 Å². The van der Waals surface area contributed by atoms with Crippen molar-refractivity contribution in [3.63, 3.8) is 0 Å². The van der Waals surface area contributed by atoms with Crippen molar-refractivity contribution in [1.82, 2.24) is 14.7 Å². The van der Waals surface area contributed by atoms with E-state index in [9.17, 15) is 9.59 Å². The number of rotatable bonds is 2. The van der Waals surface area contributed by atoms with Gasteiger partial charge in [0.05, 0.1) is 26.7 Å². The largest absolute Gasteiger partial charge is 0.392 e. The average molecular weight is 353 g/mol. The summed E-state index contributed by atoms with van der Waals surface area (Å²) in [5.41, 5.74) is 0. The number of guanidine groups is 1. The van der Waals surface area contributed by atoms with Gasteiger partial charge in [-0.15, -0.1) is 0 Å². The Hall–Kier alpha value is -1.89. The third-order valence-electron chi connectivity index (χ3n) is 4.72. The van der Waals surface area contributed by atoms with Gasteiger partial charge in [0.1, 0.15) is 0 Å². The van der Waals surface area contributed by atoms with Crippen molar-refractivity contribution >= 4 is 35.3 Å². The number of allylic oxidation sites excluding steroid dienone is 1. The van der Waals surface area contributed by atoms with Gasteiger partial charge in [0.25, 0.3) is 5.91 Å². The zero-order valence-corrected chi connectivity index (χ0v) is 15.1. The molecule has 24 heavy (non-hydrogen) atoms. The van der Waals surface area contributed by atoms with E-state index in [2.05, 4.69) is 9.57 Å². The van der Waals surface area contributed by atoms with Gasteiger partial charge in [0.15, 0.2) is 0 Å². The SMILES string of the molecule is C/C(Cl)=C\CN1C(=O)C2C(=NC(=[N+]3CCCCC3)N2C)N(C)C1=O. The molecule has 2 saturated heterocycles. The molecule has 0 saturated carbocycles. The van der Waals surface area contributed by atoms with Crippen molar-refractivity contribution in [3.05, 3.63) is 11.1 Å². The second-order valence-corrected chi connectivity index (χ2v) is 7.01. The molecule has 1 unspecified atom stereocenters. The van der Waals surface area contributed by atoms with Gasteiger partial charge in [-0.1, -0.05) is 22.7 Å². The molecule has 0 spiro atoms. The van der Waals surface area contributed by atoms with Crippen LogP contribution in [-0.2, 0) is 4.79 Å². The Kier molecular flexibility index (Phi) is 4.62. The van der Waals surface area contributed by atoms with Gasteiger partial charge in [0, 0.05) is 12.1 Å². The highest BCUT2D eigenvalue weighted by Gasteiger charge is 2.54. The standard InChI is InChI=1S/C16H23ClN5O2/c1-11(17)7-10-22-14(23)12-13(20(3)16(22)24)18-15(19(12)2)21-8-5-4-6-9-21/h7,12H,4-6,8-10H2,1-3H3/q+1/b11-7+. The van der Waals surface area contributed by atoms with Crippen molar-refractivity contribution < 1.29 is 14.2 Å². The molecular formula is C16H23ClN5O2+. The van der Waals surface area contributed by atoms with Gasteiger partial charge < -0.3 is 0 Å². The van der Waals surface area contributed by atoms with Crippen LogP contribution in [0.5, 0.6) is 0 Å². The predicted octanol–water partition coefficient (Wildman–Crippen LogP) is 1.29.